The molecule has 4 heteroatoms. The van der Waals surface area contributed by atoms with Gasteiger partial charge in [-0.2, -0.15) is 0 Å². The van der Waals surface area contributed by atoms with Crippen LogP contribution in [0, 0.1) is 5.82 Å². The van der Waals surface area contributed by atoms with Gasteiger partial charge in [0.2, 0.25) is 0 Å². The number of hydrogen-bond acceptors (Lipinski definition) is 1. The average Bonchev–Trinajstić information content (AvgIpc) is 2.38. The highest BCUT2D eigenvalue weighted by atomic mass is 35.5. The second kappa shape index (κ2) is 5.59. The molecule has 0 saturated heterocycles. The summed E-state index contributed by atoms with van der Waals surface area (Å²) in [7, 11) is 1.49. The molecule has 0 aliphatic rings. The van der Waals surface area contributed by atoms with Crippen LogP contribution in [0.3, 0.4) is 0 Å². The molecule has 0 aliphatic heterocycles. The summed E-state index contributed by atoms with van der Waals surface area (Å²) in [6.07, 6.45) is 0. The molecule has 2 rings (SSSR count). The molecule has 94 valence electrons. The van der Waals surface area contributed by atoms with Crippen molar-refractivity contribution in [1.82, 2.24) is 0 Å². The van der Waals surface area contributed by atoms with E-state index in [9.17, 15) is 4.39 Å². The average molecular weight is 285 g/mol. The highest BCUT2D eigenvalue weighted by molar-refractivity contribution is 6.33. The summed E-state index contributed by atoms with van der Waals surface area (Å²) in [5.41, 5.74) is 1.07. The molecule has 0 aromatic heterocycles. The van der Waals surface area contributed by atoms with E-state index < -0.39 is 11.2 Å². The van der Waals surface area contributed by atoms with Gasteiger partial charge in [-0.15, -0.1) is 11.6 Å². The van der Waals surface area contributed by atoms with Gasteiger partial charge in [0, 0.05) is 16.7 Å². The van der Waals surface area contributed by atoms with Gasteiger partial charge in [-0.25, -0.2) is 4.39 Å². The first-order valence-corrected chi connectivity index (χ1v) is 6.17. The van der Waals surface area contributed by atoms with E-state index in [1.165, 1.54) is 13.2 Å². The van der Waals surface area contributed by atoms with Gasteiger partial charge < -0.3 is 4.74 Å². The van der Waals surface area contributed by atoms with Crippen LogP contribution in [0.5, 0.6) is 5.75 Å². The zero-order valence-electron chi connectivity index (χ0n) is 9.66. The van der Waals surface area contributed by atoms with Crippen LogP contribution >= 0.6 is 23.2 Å². The number of ether oxygens (including phenoxy) is 1. The Kier molecular flexibility index (Phi) is 4.10. The fraction of sp³-hybridized carbons (Fsp3) is 0.143. The number of rotatable bonds is 3. The van der Waals surface area contributed by atoms with Crippen molar-refractivity contribution >= 4 is 23.2 Å². The summed E-state index contributed by atoms with van der Waals surface area (Å²) in [4.78, 5) is 0. The Labute approximate surface area is 115 Å². The van der Waals surface area contributed by atoms with E-state index in [2.05, 4.69) is 0 Å². The van der Waals surface area contributed by atoms with E-state index in [-0.39, 0.29) is 0 Å². The summed E-state index contributed by atoms with van der Waals surface area (Å²) in [5, 5.41) is -0.0997. The maximum Gasteiger partial charge on any atom is 0.131 e. The fourth-order valence-electron chi connectivity index (χ4n) is 1.69. The van der Waals surface area contributed by atoms with Gasteiger partial charge in [0.25, 0.3) is 0 Å². The fourth-order valence-corrected chi connectivity index (χ4v) is 2.36. The molecule has 0 saturated carbocycles. The summed E-state index contributed by atoms with van der Waals surface area (Å²) < 4.78 is 18.8. The van der Waals surface area contributed by atoms with E-state index in [1.807, 2.05) is 6.07 Å². The molecule has 0 radical (unpaired) electrons. The lowest BCUT2D eigenvalue weighted by Gasteiger charge is -2.13. The van der Waals surface area contributed by atoms with Crippen LogP contribution in [-0.2, 0) is 0 Å². The van der Waals surface area contributed by atoms with Gasteiger partial charge in [0.1, 0.15) is 11.6 Å². The van der Waals surface area contributed by atoms with E-state index >= 15 is 0 Å². The summed E-state index contributed by atoms with van der Waals surface area (Å²) in [6, 6.07) is 11.7. The van der Waals surface area contributed by atoms with Crippen molar-refractivity contribution in [3.05, 3.63) is 64.4 Å². The first-order chi connectivity index (χ1) is 8.63. The largest absolute Gasteiger partial charge is 0.497 e. The molecule has 18 heavy (non-hydrogen) atoms. The molecular formula is C14H11Cl2FO. The summed E-state index contributed by atoms with van der Waals surface area (Å²) in [5.74, 6) is 0.0496. The second-order valence-corrected chi connectivity index (χ2v) is 4.62. The van der Waals surface area contributed by atoms with Crippen molar-refractivity contribution in [2.45, 2.75) is 5.38 Å². The molecule has 0 spiro atoms. The van der Waals surface area contributed by atoms with Crippen LogP contribution in [0.15, 0.2) is 42.5 Å². The quantitative estimate of drug-likeness (QED) is 0.735. The normalized spacial score (nSPS) is 12.2. The molecule has 0 heterocycles. The van der Waals surface area contributed by atoms with E-state index in [4.69, 9.17) is 27.9 Å². The van der Waals surface area contributed by atoms with E-state index in [0.29, 0.717) is 21.9 Å². The Bertz CT molecular complexity index is 557. The van der Waals surface area contributed by atoms with Gasteiger partial charge >= 0.3 is 0 Å². The standard InChI is InChI=1S/C14H11Cl2FO/c1-18-9-6-7-11(13(17)8-9)14(16)10-4-2-3-5-12(10)15/h2-8,14H,1H3. The van der Waals surface area contributed by atoms with Crippen LogP contribution < -0.4 is 4.74 Å². The van der Waals surface area contributed by atoms with Crippen molar-refractivity contribution < 1.29 is 9.13 Å². The number of alkyl halides is 1. The lowest BCUT2D eigenvalue weighted by molar-refractivity contribution is 0.411. The van der Waals surface area contributed by atoms with Crippen LogP contribution in [0.2, 0.25) is 5.02 Å². The van der Waals surface area contributed by atoms with Crippen molar-refractivity contribution in [3.63, 3.8) is 0 Å². The molecule has 0 bridgehead atoms. The van der Waals surface area contributed by atoms with Crippen molar-refractivity contribution in [1.29, 1.82) is 0 Å². The Morgan fingerprint density at radius 2 is 1.83 bits per heavy atom. The van der Waals surface area contributed by atoms with Crippen LogP contribution in [0.25, 0.3) is 0 Å². The number of methoxy groups -OCH3 is 1. The highest BCUT2D eigenvalue weighted by Gasteiger charge is 2.17. The first kappa shape index (κ1) is 13.2. The molecule has 1 unspecified atom stereocenters. The van der Waals surface area contributed by atoms with Gasteiger partial charge in [0.05, 0.1) is 12.5 Å². The zero-order chi connectivity index (χ0) is 13.1. The molecule has 0 N–H and O–H groups in total. The molecule has 1 nitrogen and oxygen atoms in total. The third-order valence-electron chi connectivity index (χ3n) is 2.66. The van der Waals surface area contributed by atoms with Crippen LogP contribution in [-0.4, -0.2) is 7.11 Å². The number of benzene rings is 2. The van der Waals surface area contributed by atoms with Crippen molar-refractivity contribution in [3.8, 4) is 5.75 Å². The Hall–Kier alpha value is -1.25. The van der Waals surface area contributed by atoms with Crippen molar-refractivity contribution in [2.75, 3.05) is 7.11 Å². The predicted molar refractivity (Wildman–Crippen MR) is 72.1 cm³/mol. The number of halogens is 3. The lowest BCUT2D eigenvalue weighted by atomic mass is 10.0. The van der Waals surface area contributed by atoms with Gasteiger partial charge in [0.15, 0.2) is 0 Å². The predicted octanol–water partition coefficient (Wildman–Crippen LogP) is 4.82. The molecule has 0 amide bonds. The molecule has 2 aromatic rings. The van der Waals surface area contributed by atoms with Crippen LogP contribution in [0.1, 0.15) is 16.5 Å². The highest BCUT2D eigenvalue weighted by Crippen LogP contribution is 2.35. The third-order valence-corrected chi connectivity index (χ3v) is 3.47. The number of hydrogen-bond donors (Lipinski definition) is 0. The Morgan fingerprint density at radius 1 is 1.11 bits per heavy atom. The second-order valence-electron chi connectivity index (χ2n) is 3.77. The van der Waals surface area contributed by atoms with E-state index in [1.54, 1.807) is 30.3 Å². The van der Waals surface area contributed by atoms with Crippen LogP contribution in [0.4, 0.5) is 4.39 Å². The maximum atomic E-state index is 13.9. The third kappa shape index (κ3) is 2.60. The zero-order valence-corrected chi connectivity index (χ0v) is 11.2. The minimum Gasteiger partial charge on any atom is -0.497 e. The molecule has 0 fully saturated rings. The Balaban J connectivity index is 2.40. The molecule has 1 atom stereocenters. The molecular weight excluding hydrogens is 274 g/mol. The smallest absolute Gasteiger partial charge is 0.131 e. The minimum atomic E-state index is -0.621. The lowest BCUT2D eigenvalue weighted by Crippen LogP contribution is -1.98. The molecule has 2 aromatic carbocycles. The van der Waals surface area contributed by atoms with E-state index in [0.717, 1.165) is 0 Å². The monoisotopic (exact) mass is 284 g/mol. The topological polar surface area (TPSA) is 9.23 Å². The van der Waals surface area contributed by atoms with Crippen molar-refractivity contribution in [2.24, 2.45) is 0 Å². The van der Waals surface area contributed by atoms with Gasteiger partial charge in [-0.3, -0.25) is 0 Å². The van der Waals surface area contributed by atoms with Gasteiger partial charge in [-0.05, 0) is 17.7 Å². The maximum absolute atomic E-state index is 13.9. The SMILES string of the molecule is COc1ccc(C(Cl)c2ccccc2Cl)c(F)c1. The molecule has 0 aliphatic carbocycles. The van der Waals surface area contributed by atoms with Gasteiger partial charge in [-0.1, -0.05) is 35.9 Å². The minimum absolute atomic E-state index is 0.380. The summed E-state index contributed by atoms with van der Waals surface area (Å²) in [6.45, 7) is 0. The summed E-state index contributed by atoms with van der Waals surface area (Å²) >= 11 is 12.3. The Morgan fingerprint density at radius 3 is 2.44 bits per heavy atom. The first-order valence-electron chi connectivity index (χ1n) is 5.35.